The fraction of sp³-hybridized carbons (Fsp3) is 0.0690. The monoisotopic (exact) mass is 433 g/mol. The number of benzene rings is 4. The van der Waals surface area contributed by atoms with Gasteiger partial charge in [-0.3, -0.25) is 0 Å². The standard InChI is InChI=1S/C29H23NO3/c31-29(33-27-9-5-2-6-10-27)21-32-26-15-13-23(14-16-26)25-12-11-24-17-18-30(28(24)19-25)20-22-7-3-1-4-8-22/h1-19H,20-21H2. The maximum Gasteiger partial charge on any atom is 0.349 e. The Kier molecular flexibility index (Phi) is 5.89. The molecule has 0 saturated heterocycles. The van der Waals surface area contributed by atoms with E-state index >= 15 is 0 Å². The van der Waals surface area contributed by atoms with Crippen LogP contribution in [0.15, 0.2) is 115 Å². The summed E-state index contributed by atoms with van der Waals surface area (Å²) < 4.78 is 13.1. The summed E-state index contributed by atoms with van der Waals surface area (Å²) in [5, 5.41) is 1.21. The van der Waals surface area contributed by atoms with Crippen molar-refractivity contribution in [3.8, 4) is 22.6 Å². The quantitative estimate of drug-likeness (QED) is 0.222. The zero-order chi connectivity index (χ0) is 22.5. The van der Waals surface area contributed by atoms with Gasteiger partial charge in [0.25, 0.3) is 0 Å². The van der Waals surface area contributed by atoms with Crippen LogP contribution in [0, 0.1) is 0 Å². The number of nitrogens with zero attached hydrogens (tertiary/aromatic N) is 1. The molecule has 0 fully saturated rings. The topological polar surface area (TPSA) is 40.5 Å². The van der Waals surface area contributed by atoms with Crippen molar-refractivity contribution >= 4 is 16.9 Å². The van der Waals surface area contributed by atoms with Crippen molar-refractivity contribution in [3.05, 3.63) is 121 Å². The van der Waals surface area contributed by atoms with Crippen LogP contribution in [0.2, 0.25) is 0 Å². The van der Waals surface area contributed by atoms with Gasteiger partial charge in [0.1, 0.15) is 11.5 Å². The molecule has 5 aromatic rings. The second-order valence-corrected chi connectivity index (χ2v) is 7.80. The van der Waals surface area contributed by atoms with Gasteiger partial charge in [-0.25, -0.2) is 4.79 Å². The van der Waals surface area contributed by atoms with Gasteiger partial charge in [0.2, 0.25) is 0 Å². The lowest BCUT2D eigenvalue weighted by molar-refractivity contribution is -0.136. The minimum absolute atomic E-state index is 0.146. The summed E-state index contributed by atoms with van der Waals surface area (Å²) in [6.07, 6.45) is 2.13. The van der Waals surface area contributed by atoms with Crippen LogP contribution in [0.3, 0.4) is 0 Å². The Balaban J connectivity index is 1.27. The molecule has 162 valence electrons. The maximum atomic E-state index is 12.0. The van der Waals surface area contributed by atoms with E-state index in [0.29, 0.717) is 11.5 Å². The number of aromatic nitrogens is 1. The molecule has 0 aliphatic rings. The zero-order valence-corrected chi connectivity index (χ0v) is 18.1. The zero-order valence-electron chi connectivity index (χ0n) is 18.1. The summed E-state index contributed by atoms with van der Waals surface area (Å²) in [6.45, 7) is 0.687. The molecule has 0 aliphatic heterocycles. The van der Waals surface area contributed by atoms with E-state index in [-0.39, 0.29) is 6.61 Å². The van der Waals surface area contributed by atoms with Gasteiger partial charge in [-0.15, -0.1) is 0 Å². The van der Waals surface area contributed by atoms with Gasteiger partial charge in [0.05, 0.1) is 0 Å². The predicted molar refractivity (Wildman–Crippen MR) is 130 cm³/mol. The summed E-state index contributed by atoms with van der Waals surface area (Å²) in [7, 11) is 0. The molecule has 0 amide bonds. The summed E-state index contributed by atoms with van der Waals surface area (Å²) in [5.41, 5.74) is 4.68. The van der Waals surface area contributed by atoms with E-state index < -0.39 is 5.97 Å². The Bertz CT molecular complexity index is 1360. The maximum absolute atomic E-state index is 12.0. The molecular weight excluding hydrogens is 410 g/mol. The molecule has 0 spiro atoms. The van der Waals surface area contributed by atoms with Gasteiger partial charge < -0.3 is 14.0 Å². The van der Waals surface area contributed by atoms with E-state index in [9.17, 15) is 4.79 Å². The predicted octanol–water partition coefficient (Wildman–Crippen LogP) is 6.34. The van der Waals surface area contributed by atoms with Crippen LogP contribution in [0.5, 0.6) is 11.5 Å². The largest absolute Gasteiger partial charge is 0.482 e. The molecule has 1 aromatic heterocycles. The Morgan fingerprint density at radius 1 is 0.697 bits per heavy atom. The van der Waals surface area contributed by atoms with E-state index in [1.165, 1.54) is 16.5 Å². The van der Waals surface area contributed by atoms with Crippen molar-refractivity contribution in [3.63, 3.8) is 0 Å². The van der Waals surface area contributed by atoms with Crippen molar-refractivity contribution in [2.75, 3.05) is 6.61 Å². The average molecular weight is 434 g/mol. The second kappa shape index (κ2) is 9.45. The third-order valence-corrected chi connectivity index (χ3v) is 5.49. The van der Waals surface area contributed by atoms with Crippen LogP contribution in [-0.4, -0.2) is 17.1 Å². The third kappa shape index (κ3) is 4.96. The first-order valence-corrected chi connectivity index (χ1v) is 10.9. The van der Waals surface area contributed by atoms with Gasteiger partial charge in [-0.05, 0) is 58.5 Å². The van der Waals surface area contributed by atoms with Crippen LogP contribution in [-0.2, 0) is 11.3 Å². The highest BCUT2D eigenvalue weighted by atomic mass is 16.6. The number of hydrogen-bond donors (Lipinski definition) is 0. The second-order valence-electron chi connectivity index (χ2n) is 7.80. The lowest BCUT2D eigenvalue weighted by Crippen LogP contribution is -2.17. The first-order valence-electron chi connectivity index (χ1n) is 10.9. The van der Waals surface area contributed by atoms with Crippen LogP contribution in [0.1, 0.15) is 5.56 Å². The number of fused-ring (bicyclic) bond motifs is 1. The van der Waals surface area contributed by atoms with E-state index in [1.807, 2.05) is 48.5 Å². The fourth-order valence-electron chi connectivity index (χ4n) is 3.82. The molecule has 0 bridgehead atoms. The van der Waals surface area contributed by atoms with Crippen molar-refractivity contribution < 1.29 is 14.3 Å². The Morgan fingerprint density at radius 3 is 2.15 bits per heavy atom. The highest BCUT2D eigenvalue weighted by Crippen LogP contribution is 2.27. The molecule has 5 rings (SSSR count). The Labute approximate surface area is 192 Å². The smallest absolute Gasteiger partial charge is 0.349 e. The molecule has 1 heterocycles. The molecule has 4 nitrogen and oxygen atoms in total. The molecule has 0 saturated carbocycles. The molecule has 4 heteroatoms. The minimum Gasteiger partial charge on any atom is -0.482 e. The molecule has 33 heavy (non-hydrogen) atoms. The third-order valence-electron chi connectivity index (χ3n) is 5.49. The van der Waals surface area contributed by atoms with E-state index in [4.69, 9.17) is 9.47 Å². The van der Waals surface area contributed by atoms with E-state index in [0.717, 1.165) is 17.7 Å². The van der Waals surface area contributed by atoms with Crippen LogP contribution >= 0.6 is 0 Å². The Morgan fingerprint density at radius 2 is 1.39 bits per heavy atom. The number of para-hydroxylation sites is 1. The molecule has 0 aliphatic carbocycles. The lowest BCUT2D eigenvalue weighted by Gasteiger charge is -2.09. The number of carbonyl (C=O) groups is 1. The summed E-state index contributed by atoms with van der Waals surface area (Å²) in [6, 6.07) is 35.8. The summed E-state index contributed by atoms with van der Waals surface area (Å²) >= 11 is 0. The fourth-order valence-corrected chi connectivity index (χ4v) is 3.82. The summed E-state index contributed by atoms with van der Waals surface area (Å²) in [4.78, 5) is 12.0. The van der Waals surface area contributed by atoms with Crippen molar-refractivity contribution in [1.29, 1.82) is 0 Å². The van der Waals surface area contributed by atoms with Crippen molar-refractivity contribution in [2.24, 2.45) is 0 Å². The number of rotatable bonds is 7. The van der Waals surface area contributed by atoms with Gasteiger partial charge in [-0.1, -0.05) is 72.8 Å². The minimum atomic E-state index is -0.435. The highest BCUT2D eigenvalue weighted by Gasteiger charge is 2.08. The molecule has 4 aromatic carbocycles. The van der Waals surface area contributed by atoms with Crippen molar-refractivity contribution in [2.45, 2.75) is 6.54 Å². The van der Waals surface area contributed by atoms with Crippen LogP contribution in [0.4, 0.5) is 0 Å². The molecular formula is C29H23NO3. The lowest BCUT2D eigenvalue weighted by atomic mass is 10.0. The van der Waals surface area contributed by atoms with Gasteiger partial charge >= 0.3 is 5.97 Å². The highest BCUT2D eigenvalue weighted by molar-refractivity contribution is 5.85. The first kappa shape index (κ1) is 20.6. The number of carbonyl (C=O) groups excluding carboxylic acids is 1. The molecule has 0 radical (unpaired) electrons. The van der Waals surface area contributed by atoms with E-state index in [1.54, 1.807) is 12.1 Å². The number of ether oxygens (including phenoxy) is 2. The number of hydrogen-bond acceptors (Lipinski definition) is 3. The molecule has 0 atom stereocenters. The van der Waals surface area contributed by atoms with Gasteiger partial charge in [0.15, 0.2) is 6.61 Å². The SMILES string of the molecule is O=C(COc1ccc(-c2ccc3ccn(Cc4ccccc4)c3c2)cc1)Oc1ccccc1. The Hall–Kier alpha value is -4.31. The van der Waals surface area contributed by atoms with Gasteiger partial charge in [0, 0.05) is 18.3 Å². The van der Waals surface area contributed by atoms with Crippen molar-refractivity contribution in [1.82, 2.24) is 4.57 Å². The van der Waals surface area contributed by atoms with Gasteiger partial charge in [-0.2, -0.15) is 0 Å². The molecule has 0 N–H and O–H groups in total. The van der Waals surface area contributed by atoms with Crippen LogP contribution < -0.4 is 9.47 Å². The summed E-state index contributed by atoms with van der Waals surface area (Å²) in [5.74, 6) is 0.695. The normalized spacial score (nSPS) is 10.8. The first-order chi connectivity index (χ1) is 16.2. The average Bonchev–Trinajstić information content (AvgIpc) is 3.26. The van der Waals surface area contributed by atoms with Crippen LogP contribution in [0.25, 0.3) is 22.0 Å². The molecule has 0 unspecified atom stereocenters. The van der Waals surface area contributed by atoms with E-state index in [2.05, 4.69) is 59.3 Å². The number of esters is 1.